The Morgan fingerprint density at radius 1 is 1.29 bits per heavy atom. The standard InChI is InChI=1S/C14H15NO6/c1-13(18)9-6-10-14(20-4-5-21-14)2-3-15(10)11(16)8(9)7-19-12(13)17/h6,18H,2-5,7H2,1H3/t13-/m0/s1. The second-order valence-electron chi connectivity index (χ2n) is 5.73. The first-order valence-electron chi connectivity index (χ1n) is 6.91. The van der Waals surface area contributed by atoms with Gasteiger partial charge in [-0.2, -0.15) is 0 Å². The topological polar surface area (TPSA) is 87.0 Å². The summed E-state index contributed by atoms with van der Waals surface area (Å²) in [5, 5.41) is 10.4. The van der Waals surface area contributed by atoms with E-state index in [1.54, 1.807) is 10.6 Å². The minimum absolute atomic E-state index is 0.113. The number of nitrogens with zero attached hydrogens (tertiary/aromatic N) is 1. The van der Waals surface area contributed by atoms with E-state index in [2.05, 4.69) is 0 Å². The van der Waals surface area contributed by atoms with E-state index in [-0.39, 0.29) is 17.7 Å². The first-order chi connectivity index (χ1) is 9.96. The maximum absolute atomic E-state index is 12.6. The van der Waals surface area contributed by atoms with Crippen molar-refractivity contribution in [1.82, 2.24) is 4.57 Å². The van der Waals surface area contributed by atoms with Crippen LogP contribution in [0.15, 0.2) is 10.9 Å². The predicted molar refractivity (Wildman–Crippen MR) is 68.3 cm³/mol. The van der Waals surface area contributed by atoms with Gasteiger partial charge in [-0.15, -0.1) is 0 Å². The average Bonchev–Trinajstić information content (AvgIpc) is 3.05. The van der Waals surface area contributed by atoms with E-state index in [4.69, 9.17) is 14.2 Å². The van der Waals surface area contributed by atoms with Crippen molar-refractivity contribution in [2.24, 2.45) is 0 Å². The summed E-state index contributed by atoms with van der Waals surface area (Å²) in [6.45, 7) is 2.63. The summed E-state index contributed by atoms with van der Waals surface area (Å²) in [5.74, 6) is -1.68. The molecule has 21 heavy (non-hydrogen) atoms. The molecule has 1 aromatic heterocycles. The van der Waals surface area contributed by atoms with Crippen LogP contribution in [0.25, 0.3) is 0 Å². The number of hydrogen-bond acceptors (Lipinski definition) is 6. The zero-order valence-corrected chi connectivity index (χ0v) is 11.5. The number of aliphatic hydroxyl groups is 1. The second kappa shape index (κ2) is 3.94. The van der Waals surface area contributed by atoms with Gasteiger partial charge in [-0.1, -0.05) is 0 Å². The minimum Gasteiger partial charge on any atom is -0.458 e. The molecule has 7 nitrogen and oxygen atoms in total. The van der Waals surface area contributed by atoms with E-state index >= 15 is 0 Å². The Labute approximate surface area is 120 Å². The van der Waals surface area contributed by atoms with Crippen molar-refractivity contribution >= 4 is 5.97 Å². The highest BCUT2D eigenvalue weighted by atomic mass is 16.7. The molecule has 3 aliphatic rings. The van der Waals surface area contributed by atoms with Gasteiger partial charge in [0, 0.05) is 18.5 Å². The van der Waals surface area contributed by atoms with Gasteiger partial charge in [0.1, 0.15) is 6.61 Å². The molecule has 1 spiro atoms. The lowest BCUT2D eigenvalue weighted by atomic mass is 9.89. The fraction of sp³-hybridized carbons (Fsp3) is 0.571. The molecule has 3 aliphatic heterocycles. The van der Waals surface area contributed by atoms with Crippen molar-refractivity contribution < 1.29 is 24.1 Å². The molecule has 4 heterocycles. The zero-order valence-electron chi connectivity index (χ0n) is 11.5. The third-order valence-corrected chi connectivity index (χ3v) is 4.48. The van der Waals surface area contributed by atoms with Crippen molar-refractivity contribution in [3.05, 3.63) is 33.2 Å². The van der Waals surface area contributed by atoms with Gasteiger partial charge in [-0.25, -0.2) is 4.79 Å². The van der Waals surface area contributed by atoms with Gasteiger partial charge in [0.15, 0.2) is 5.60 Å². The lowest BCUT2D eigenvalue weighted by Gasteiger charge is -2.30. The first kappa shape index (κ1) is 13.0. The van der Waals surface area contributed by atoms with Gasteiger partial charge in [0.05, 0.1) is 24.5 Å². The normalized spacial score (nSPS) is 29.3. The van der Waals surface area contributed by atoms with E-state index in [0.717, 1.165) is 0 Å². The fourth-order valence-electron chi connectivity index (χ4n) is 3.32. The first-order valence-corrected chi connectivity index (χ1v) is 6.91. The summed E-state index contributed by atoms with van der Waals surface area (Å²) in [6, 6.07) is 1.65. The van der Waals surface area contributed by atoms with Gasteiger partial charge in [-0.05, 0) is 13.0 Å². The Balaban J connectivity index is 1.98. The lowest BCUT2D eigenvalue weighted by Crippen LogP contribution is -2.43. The molecule has 1 atom stereocenters. The van der Waals surface area contributed by atoms with Gasteiger partial charge in [0.25, 0.3) is 5.56 Å². The second-order valence-corrected chi connectivity index (χ2v) is 5.73. The third-order valence-electron chi connectivity index (χ3n) is 4.48. The number of aromatic nitrogens is 1. The summed E-state index contributed by atoms with van der Waals surface area (Å²) >= 11 is 0. The van der Waals surface area contributed by atoms with Gasteiger partial charge in [0.2, 0.25) is 5.79 Å². The Kier molecular flexibility index (Phi) is 2.44. The average molecular weight is 293 g/mol. The summed E-state index contributed by atoms with van der Waals surface area (Å²) in [4.78, 5) is 24.3. The zero-order chi connectivity index (χ0) is 14.8. The van der Waals surface area contributed by atoms with Crippen molar-refractivity contribution in [2.45, 2.75) is 37.9 Å². The number of esters is 1. The summed E-state index contributed by atoms with van der Waals surface area (Å²) in [5.41, 5.74) is -0.913. The molecule has 1 aromatic rings. The highest BCUT2D eigenvalue weighted by molar-refractivity contribution is 5.82. The monoisotopic (exact) mass is 293 g/mol. The van der Waals surface area contributed by atoms with E-state index in [9.17, 15) is 14.7 Å². The maximum atomic E-state index is 12.6. The van der Waals surface area contributed by atoms with Crippen LogP contribution < -0.4 is 5.56 Å². The van der Waals surface area contributed by atoms with Crippen molar-refractivity contribution in [2.75, 3.05) is 13.2 Å². The van der Waals surface area contributed by atoms with Crippen LogP contribution in [-0.4, -0.2) is 28.9 Å². The largest absolute Gasteiger partial charge is 0.458 e. The molecular formula is C14H15NO6. The highest BCUT2D eigenvalue weighted by Gasteiger charge is 2.49. The molecule has 4 rings (SSSR count). The molecule has 0 saturated carbocycles. The molecule has 112 valence electrons. The molecule has 1 fully saturated rings. The number of pyridine rings is 1. The Morgan fingerprint density at radius 2 is 2.00 bits per heavy atom. The molecule has 0 aromatic carbocycles. The van der Waals surface area contributed by atoms with Gasteiger partial charge < -0.3 is 23.9 Å². The number of carbonyl (C=O) groups is 1. The Bertz CT molecular complexity index is 698. The highest BCUT2D eigenvalue weighted by Crippen LogP contribution is 2.41. The molecule has 0 radical (unpaired) electrons. The molecular weight excluding hydrogens is 278 g/mol. The van der Waals surface area contributed by atoms with Crippen LogP contribution in [0.3, 0.4) is 0 Å². The number of carbonyl (C=O) groups excluding carboxylic acids is 1. The Morgan fingerprint density at radius 3 is 2.71 bits per heavy atom. The van der Waals surface area contributed by atoms with Crippen LogP contribution >= 0.6 is 0 Å². The molecule has 1 saturated heterocycles. The SMILES string of the molecule is C[C@@]1(O)C(=O)OCc2c1cc1n(c2=O)CCC12OCCO2. The van der Waals surface area contributed by atoms with Gasteiger partial charge >= 0.3 is 5.97 Å². The van der Waals surface area contributed by atoms with Crippen LogP contribution in [0, 0.1) is 0 Å². The van der Waals surface area contributed by atoms with Crippen LogP contribution in [0.2, 0.25) is 0 Å². The summed E-state index contributed by atoms with van der Waals surface area (Å²) in [6.07, 6.45) is 0.544. The molecule has 7 heteroatoms. The number of cyclic esters (lactones) is 1. The molecule has 0 bridgehead atoms. The molecule has 0 aliphatic carbocycles. The van der Waals surface area contributed by atoms with Crippen LogP contribution in [0.4, 0.5) is 0 Å². The quantitative estimate of drug-likeness (QED) is 0.662. The summed E-state index contributed by atoms with van der Waals surface area (Å²) < 4.78 is 17.9. The van der Waals surface area contributed by atoms with E-state index in [1.165, 1.54) is 6.92 Å². The Hall–Kier alpha value is -1.70. The van der Waals surface area contributed by atoms with Crippen molar-refractivity contribution in [3.63, 3.8) is 0 Å². The number of ether oxygens (including phenoxy) is 3. The maximum Gasteiger partial charge on any atom is 0.342 e. The van der Waals surface area contributed by atoms with E-state index < -0.39 is 17.4 Å². The van der Waals surface area contributed by atoms with Gasteiger partial charge in [-0.3, -0.25) is 4.79 Å². The molecule has 0 unspecified atom stereocenters. The number of rotatable bonds is 0. The lowest BCUT2D eigenvalue weighted by molar-refractivity contribution is -0.170. The number of hydrogen-bond donors (Lipinski definition) is 1. The van der Waals surface area contributed by atoms with Crippen molar-refractivity contribution in [3.8, 4) is 0 Å². The van der Waals surface area contributed by atoms with E-state index in [0.29, 0.717) is 37.4 Å². The van der Waals surface area contributed by atoms with Crippen LogP contribution in [0.1, 0.15) is 30.2 Å². The smallest absolute Gasteiger partial charge is 0.342 e. The number of fused-ring (bicyclic) bond motifs is 3. The predicted octanol–water partition coefficient (Wildman–Crippen LogP) is -0.284. The minimum atomic E-state index is -1.83. The molecule has 0 amide bonds. The van der Waals surface area contributed by atoms with E-state index in [1.807, 2.05) is 0 Å². The third kappa shape index (κ3) is 1.53. The van der Waals surface area contributed by atoms with Crippen molar-refractivity contribution in [1.29, 1.82) is 0 Å². The van der Waals surface area contributed by atoms with Crippen LogP contribution in [-0.2, 0) is 43.5 Å². The fourth-order valence-corrected chi connectivity index (χ4v) is 3.32. The van der Waals surface area contributed by atoms with Crippen LogP contribution in [0.5, 0.6) is 0 Å². The molecule has 1 N–H and O–H groups in total. The summed E-state index contributed by atoms with van der Waals surface area (Å²) in [7, 11) is 0.